The lowest BCUT2D eigenvalue weighted by Crippen LogP contribution is -2.35. The number of hydrogen-bond acceptors (Lipinski definition) is 5. The molecule has 6 nitrogen and oxygen atoms in total. The molecule has 0 spiro atoms. The predicted molar refractivity (Wildman–Crippen MR) is 105 cm³/mol. The summed E-state index contributed by atoms with van der Waals surface area (Å²) in [5, 5.41) is 3.57. The van der Waals surface area contributed by atoms with E-state index in [1.165, 1.54) is 11.8 Å². The van der Waals surface area contributed by atoms with Gasteiger partial charge in [0.2, 0.25) is 5.91 Å². The summed E-state index contributed by atoms with van der Waals surface area (Å²) in [6.45, 7) is 4.16. The van der Waals surface area contributed by atoms with Crippen molar-refractivity contribution in [1.82, 2.24) is 10.3 Å². The van der Waals surface area contributed by atoms with Crippen LogP contribution in [0.2, 0.25) is 0 Å². The molecule has 1 N–H and O–H groups in total. The van der Waals surface area contributed by atoms with Crippen molar-refractivity contribution in [2.75, 3.05) is 31.2 Å². The largest absolute Gasteiger partial charge is 0.382 e. The Balaban J connectivity index is 1.68. The number of anilines is 1. The Hall–Kier alpha value is -2.38. The fourth-order valence-electron chi connectivity index (χ4n) is 2.83. The van der Waals surface area contributed by atoms with Crippen LogP contribution in [-0.2, 0) is 9.53 Å². The Morgan fingerprint density at radius 1 is 1.26 bits per heavy atom. The number of ether oxygens (including phenoxy) is 1. The fraction of sp³-hybridized carbons (Fsp3) is 0.350. The van der Waals surface area contributed by atoms with E-state index >= 15 is 0 Å². The molecule has 1 aliphatic heterocycles. The van der Waals surface area contributed by atoms with Crippen LogP contribution in [0.4, 0.5) is 5.69 Å². The third-order valence-corrected chi connectivity index (χ3v) is 5.25. The normalized spacial score (nSPS) is 12.9. The lowest BCUT2D eigenvalue weighted by atomic mass is 10.2. The van der Waals surface area contributed by atoms with Crippen molar-refractivity contribution in [3.05, 3.63) is 48.2 Å². The number of para-hydroxylation sites is 1. The van der Waals surface area contributed by atoms with E-state index in [9.17, 15) is 9.59 Å². The van der Waals surface area contributed by atoms with Crippen molar-refractivity contribution in [3.8, 4) is 0 Å². The predicted octanol–water partition coefficient (Wildman–Crippen LogP) is 3.13. The maximum absolute atomic E-state index is 13.1. The summed E-state index contributed by atoms with van der Waals surface area (Å²) < 4.78 is 5.26. The molecule has 0 unspecified atom stereocenters. The summed E-state index contributed by atoms with van der Waals surface area (Å²) in [5.41, 5.74) is 1.38. The molecule has 2 amide bonds. The molecular weight excluding hydrogens is 362 g/mol. The average Bonchev–Trinajstić information content (AvgIpc) is 2.80. The molecule has 0 saturated heterocycles. The van der Waals surface area contributed by atoms with Crippen LogP contribution >= 0.6 is 11.8 Å². The molecular formula is C20H23N3O3S. The molecule has 142 valence electrons. The Morgan fingerprint density at radius 2 is 2.11 bits per heavy atom. The van der Waals surface area contributed by atoms with Gasteiger partial charge in [0.1, 0.15) is 5.03 Å². The lowest BCUT2D eigenvalue weighted by Gasteiger charge is -2.22. The molecule has 0 bridgehead atoms. The molecule has 0 radical (unpaired) electrons. The first-order chi connectivity index (χ1) is 13.2. The van der Waals surface area contributed by atoms with E-state index in [-0.39, 0.29) is 18.2 Å². The van der Waals surface area contributed by atoms with Gasteiger partial charge in [-0.3, -0.25) is 9.59 Å². The molecule has 27 heavy (non-hydrogen) atoms. The molecule has 7 heteroatoms. The zero-order valence-electron chi connectivity index (χ0n) is 15.3. The van der Waals surface area contributed by atoms with Gasteiger partial charge < -0.3 is 15.0 Å². The molecule has 1 aromatic heterocycles. The number of carbonyl (C=O) groups is 2. The van der Waals surface area contributed by atoms with Crippen LogP contribution in [0.25, 0.3) is 0 Å². The average molecular weight is 385 g/mol. The van der Waals surface area contributed by atoms with Gasteiger partial charge in [0.05, 0.1) is 11.3 Å². The van der Waals surface area contributed by atoms with Crippen LogP contribution in [0, 0.1) is 0 Å². The molecule has 3 rings (SSSR count). The summed E-state index contributed by atoms with van der Waals surface area (Å²) >= 11 is 1.48. The van der Waals surface area contributed by atoms with Gasteiger partial charge in [0, 0.05) is 43.8 Å². The topological polar surface area (TPSA) is 71.5 Å². The highest BCUT2D eigenvalue weighted by Gasteiger charge is 2.27. The zero-order valence-corrected chi connectivity index (χ0v) is 16.1. The summed E-state index contributed by atoms with van der Waals surface area (Å²) in [7, 11) is 0. The van der Waals surface area contributed by atoms with Gasteiger partial charge in [-0.05, 0) is 37.6 Å². The smallest absolute Gasteiger partial charge is 0.261 e. The van der Waals surface area contributed by atoms with Crippen molar-refractivity contribution >= 4 is 29.3 Å². The van der Waals surface area contributed by atoms with Gasteiger partial charge in [-0.2, -0.15) is 0 Å². The molecule has 2 aromatic rings. The second-order valence-corrected chi connectivity index (χ2v) is 7.06. The number of nitrogens with one attached hydrogen (secondary N) is 1. The van der Waals surface area contributed by atoms with E-state index in [1.807, 2.05) is 31.2 Å². The van der Waals surface area contributed by atoms with Crippen molar-refractivity contribution in [1.29, 1.82) is 0 Å². The number of pyridine rings is 1. The monoisotopic (exact) mass is 385 g/mol. The summed E-state index contributed by atoms with van der Waals surface area (Å²) in [6, 6.07) is 11.3. The first kappa shape index (κ1) is 19.4. The standard InChI is InChI=1S/C20H23N3O3S/c1-2-26-14-6-12-21-18(24)10-13-23-16-8-3-4-9-17(16)27-19-15(20(23)25)7-5-11-22-19/h3-5,7-9,11H,2,6,10,12-14H2,1H3,(H,21,24). The number of fused-ring (bicyclic) bond motifs is 2. The number of benzene rings is 1. The Bertz CT molecular complexity index is 813. The van der Waals surface area contributed by atoms with Crippen LogP contribution in [0.3, 0.4) is 0 Å². The Labute approximate surface area is 163 Å². The minimum atomic E-state index is -0.125. The third kappa shape index (κ3) is 4.87. The van der Waals surface area contributed by atoms with Crippen LogP contribution in [0.5, 0.6) is 0 Å². The second-order valence-electron chi connectivity index (χ2n) is 6.03. The SMILES string of the molecule is CCOCCCNC(=O)CCN1C(=O)c2cccnc2Sc2ccccc21. The number of hydrogen-bond donors (Lipinski definition) is 1. The van der Waals surface area contributed by atoms with E-state index in [1.54, 1.807) is 23.2 Å². The third-order valence-electron chi connectivity index (χ3n) is 4.16. The molecule has 1 aromatic carbocycles. The van der Waals surface area contributed by atoms with Gasteiger partial charge in [0.25, 0.3) is 5.91 Å². The van der Waals surface area contributed by atoms with Crippen LogP contribution < -0.4 is 10.2 Å². The van der Waals surface area contributed by atoms with Gasteiger partial charge in [-0.1, -0.05) is 23.9 Å². The fourth-order valence-corrected chi connectivity index (χ4v) is 3.85. The Kier molecular flexibility index (Phi) is 6.84. The number of carbonyl (C=O) groups excluding carboxylic acids is 2. The molecule has 2 heterocycles. The molecule has 0 saturated carbocycles. The maximum atomic E-state index is 13.1. The van der Waals surface area contributed by atoms with Gasteiger partial charge >= 0.3 is 0 Å². The van der Waals surface area contributed by atoms with Gasteiger partial charge in [0.15, 0.2) is 0 Å². The van der Waals surface area contributed by atoms with E-state index < -0.39 is 0 Å². The number of amides is 2. The van der Waals surface area contributed by atoms with E-state index in [0.717, 1.165) is 17.0 Å². The highest BCUT2D eigenvalue weighted by atomic mass is 32.2. The molecule has 1 aliphatic rings. The number of aromatic nitrogens is 1. The highest BCUT2D eigenvalue weighted by molar-refractivity contribution is 7.99. The van der Waals surface area contributed by atoms with E-state index in [0.29, 0.717) is 36.9 Å². The van der Waals surface area contributed by atoms with Crippen LogP contribution in [0.15, 0.2) is 52.5 Å². The number of rotatable bonds is 8. The van der Waals surface area contributed by atoms with Crippen molar-refractivity contribution in [3.63, 3.8) is 0 Å². The van der Waals surface area contributed by atoms with Crippen LogP contribution in [-0.4, -0.2) is 43.1 Å². The van der Waals surface area contributed by atoms with Crippen molar-refractivity contribution < 1.29 is 14.3 Å². The Morgan fingerprint density at radius 3 is 2.96 bits per heavy atom. The summed E-state index contributed by atoms with van der Waals surface area (Å²) in [6.07, 6.45) is 2.71. The van der Waals surface area contributed by atoms with E-state index in [2.05, 4.69) is 10.3 Å². The van der Waals surface area contributed by atoms with Gasteiger partial charge in [-0.15, -0.1) is 0 Å². The minimum absolute atomic E-state index is 0.0694. The number of nitrogens with zero attached hydrogens (tertiary/aromatic N) is 2. The molecule has 0 fully saturated rings. The van der Waals surface area contributed by atoms with Crippen molar-refractivity contribution in [2.24, 2.45) is 0 Å². The lowest BCUT2D eigenvalue weighted by molar-refractivity contribution is -0.120. The first-order valence-electron chi connectivity index (χ1n) is 9.09. The second kappa shape index (κ2) is 9.53. The van der Waals surface area contributed by atoms with Gasteiger partial charge in [-0.25, -0.2) is 4.98 Å². The molecule has 0 atom stereocenters. The molecule has 0 aliphatic carbocycles. The quantitative estimate of drug-likeness (QED) is 0.707. The van der Waals surface area contributed by atoms with Crippen LogP contribution in [0.1, 0.15) is 30.1 Å². The van der Waals surface area contributed by atoms with E-state index in [4.69, 9.17) is 4.74 Å². The first-order valence-corrected chi connectivity index (χ1v) is 9.90. The highest BCUT2D eigenvalue weighted by Crippen LogP contribution is 2.39. The minimum Gasteiger partial charge on any atom is -0.382 e. The summed E-state index contributed by atoms with van der Waals surface area (Å²) in [4.78, 5) is 32.2. The maximum Gasteiger partial charge on any atom is 0.261 e. The summed E-state index contributed by atoms with van der Waals surface area (Å²) in [5.74, 6) is -0.195. The zero-order chi connectivity index (χ0) is 19.1. The van der Waals surface area contributed by atoms with Crippen molar-refractivity contribution in [2.45, 2.75) is 29.7 Å².